The molecule has 0 aliphatic carbocycles. The van der Waals surface area contributed by atoms with Gasteiger partial charge in [0.1, 0.15) is 11.5 Å². The van der Waals surface area contributed by atoms with Crippen LogP contribution in [0.1, 0.15) is 49.8 Å². The fraction of sp³-hybridized carbons (Fsp3) is 0.474. The molecule has 3 aromatic heterocycles. The summed E-state index contributed by atoms with van der Waals surface area (Å²) in [6.07, 6.45) is 7.37. The first-order chi connectivity index (χ1) is 14.1. The Morgan fingerprint density at radius 3 is 2.86 bits per heavy atom. The molecule has 5 heterocycles. The summed E-state index contributed by atoms with van der Waals surface area (Å²) in [6.45, 7) is 1.45. The Hall–Kier alpha value is -3.30. The number of fused-ring (bicyclic) bond motifs is 2. The quantitative estimate of drug-likeness (QED) is 0.494. The minimum atomic E-state index is -0.665. The van der Waals surface area contributed by atoms with Crippen LogP contribution < -0.4 is 10.5 Å². The van der Waals surface area contributed by atoms with Crippen molar-refractivity contribution in [2.75, 3.05) is 11.4 Å². The summed E-state index contributed by atoms with van der Waals surface area (Å²) in [5.41, 5.74) is -0.763. The van der Waals surface area contributed by atoms with Gasteiger partial charge in [0.25, 0.3) is 0 Å². The molecule has 150 valence electrons. The smallest absolute Gasteiger partial charge is 0.340 e. The fourth-order valence-corrected chi connectivity index (χ4v) is 4.47. The molecule has 2 aliphatic rings. The zero-order valence-corrected chi connectivity index (χ0v) is 15.9. The topological polar surface area (TPSA) is 111 Å². The number of anilines is 1. The van der Waals surface area contributed by atoms with Crippen LogP contribution in [0, 0.1) is 10.1 Å². The van der Waals surface area contributed by atoms with Gasteiger partial charge in [-0.15, -0.1) is 10.2 Å². The average Bonchev–Trinajstić information content (AvgIpc) is 3.28. The van der Waals surface area contributed by atoms with Crippen LogP contribution in [0.15, 0.2) is 29.2 Å². The summed E-state index contributed by atoms with van der Waals surface area (Å²) >= 11 is 0. The van der Waals surface area contributed by atoms with E-state index in [2.05, 4.69) is 19.7 Å². The van der Waals surface area contributed by atoms with Gasteiger partial charge < -0.3 is 9.47 Å². The van der Waals surface area contributed by atoms with E-state index in [1.165, 1.54) is 10.6 Å². The molecule has 1 atom stereocenters. The second kappa shape index (κ2) is 6.94. The van der Waals surface area contributed by atoms with Crippen LogP contribution >= 0.6 is 0 Å². The lowest BCUT2D eigenvalue weighted by molar-refractivity contribution is -0.385. The van der Waals surface area contributed by atoms with Crippen LogP contribution in [0.25, 0.3) is 5.65 Å². The lowest BCUT2D eigenvalue weighted by Gasteiger charge is -2.25. The standard InChI is InChI=1S/C19H21N7O3/c27-19-16(26(28)29)18(20-14-8-3-5-11-25(14)19)23-12-6-7-13(23)17-22-21-15-9-2-1-4-10-24(15)17/h3,5,8,11,13H,1-2,4,6-7,9-10,12H2/t13-/m1/s1. The van der Waals surface area contributed by atoms with Crippen molar-refractivity contribution in [2.24, 2.45) is 0 Å². The Kier molecular flexibility index (Phi) is 4.26. The third kappa shape index (κ3) is 2.86. The Morgan fingerprint density at radius 1 is 1.10 bits per heavy atom. The van der Waals surface area contributed by atoms with E-state index >= 15 is 0 Å². The molecule has 0 N–H and O–H groups in total. The van der Waals surface area contributed by atoms with Crippen LogP contribution in [0.5, 0.6) is 0 Å². The molecule has 0 bridgehead atoms. The number of nitrogens with zero attached hydrogens (tertiary/aromatic N) is 7. The highest BCUT2D eigenvalue weighted by atomic mass is 16.6. The molecule has 3 aromatic rings. The fourth-order valence-electron chi connectivity index (χ4n) is 4.47. The van der Waals surface area contributed by atoms with Crippen molar-refractivity contribution >= 4 is 17.2 Å². The average molecular weight is 395 g/mol. The summed E-state index contributed by atoms with van der Waals surface area (Å²) in [5, 5.41) is 20.6. The van der Waals surface area contributed by atoms with Crippen LogP contribution in [-0.2, 0) is 13.0 Å². The monoisotopic (exact) mass is 395 g/mol. The van der Waals surface area contributed by atoms with E-state index in [0.29, 0.717) is 12.2 Å². The number of hydrogen-bond acceptors (Lipinski definition) is 7. The molecule has 1 saturated heterocycles. The molecule has 0 spiro atoms. The second-order valence-corrected chi connectivity index (χ2v) is 7.56. The first kappa shape index (κ1) is 17.8. The van der Waals surface area contributed by atoms with Crippen molar-refractivity contribution < 1.29 is 4.92 Å². The van der Waals surface area contributed by atoms with Gasteiger partial charge in [0.05, 0.1) is 11.0 Å². The maximum absolute atomic E-state index is 12.8. The van der Waals surface area contributed by atoms with Crippen molar-refractivity contribution in [3.63, 3.8) is 0 Å². The summed E-state index contributed by atoms with van der Waals surface area (Å²) in [5.74, 6) is 1.92. The molecular formula is C19H21N7O3. The molecule has 10 heteroatoms. The summed E-state index contributed by atoms with van der Waals surface area (Å²) < 4.78 is 3.38. The molecular weight excluding hydrogens is 374 g/mol. The number of pyridine rings is 1. The normalized spacial score (nSPS) is 19.3. The maximum Gasteiger partial charge on any atom is 0.376 e. The van der Waals surface area contributed by atoms with Crippen LogP contribution in [-0.4, -0.2) is 35.6 Å². The minimum Gasteiger partial charge on any atom is -0.340 e. The second-order valence-electron chi connectivity index (χ2n) is 7.56. The molecule has 0 amide bonds. The van der Waals surface area contributed by atoms with Gasteiger partial charge in [-0.25, -0.2) is 4.98 Å². The lowest BCUT2D eigenvalue weighted by Crippen LogP contribution is -2.30. The van der Waals surface area contributed by atoms with E-state index in [9.17, 15) is 14.9 Å². The highest BCUT2D eigenvalue weighted by molar-refractivity contribution is 5.62. The third-order valence-electron chi connectivity index (χ3n) is 5.84. The SMILES string of the molecule is O=c1c([N+](=O)[O-])c(N2CCC[C@@H]2c2nnc3n2CCCCC3)nc2ccccn12. The van der Waals surface area contributed by atoms with E-state index in [1.807, 2.05) is 4.90 Å². The molecule has 0 saturated carbocycles. The van der Waals surface area contributed by atoms with Crippen LogP contribution in [0.2, 0.25) is 0 Å². The number of aryl methyl sites for hydroxylation is 1. The van der Waals surface area contributed by atoms with Crippen LogP contribution in [0.4, 0.5) is 11.5 Å². The zero-order valence-electron chi connectivity index (χ0n) is 15.9. The Morgan fingerprint density at radius 2 is 2.00 bits per heavy atom. The minimum absolute atomic E-state index is 0.125. The van der Waals surface area contributed by atoms with Crippen molar-refractivity contribution in [1.29, 1.82) is 0 Å². The first-order valence-corrected chi connectivity index (χ1v) is 9.99. The Bertz CT molecular complexity index is 1150. The van der Waals surface area contributed by atoms with Gasteiger partial charge >= 0.3 is 11.2 Å². The van der Waals surface area contributed by atoms with Crippen molar-refractivity contribution in [3.05, 3.63) is 56.5 Å². The van der Waals surface area contributed by atoms with Crippen molar-refractivity contribution in [3.8, 4) is 0 Å². The van der Waals surface area contributed by atoms with Gasteiger partial charge in [0.15, 0.2) is 5.82 Å². The number of aromatic nitrogens is 5. The molecule has 1 fully saturated rings. The highest BCUT2D eigenvalue weighted by Gasteiger charge is 2.37. The summed E-state index contributed by atoms with van der Waals surface area (Å²) in [4.78, 5) is 30.4. The van der Waals surface area contributed by atoms with Gasteiger partial charge in [-0.2, -0.15) is 0 Å². The van der Waals surface area contributed by atoms with Gasteiger partial charge in [0, 0.05) is 25.7 Å². The van der Waals surface area contributed by atoms with E-state index in [-0.39, 0.29) is 11.9 Å². The third-order valence-corrected chi connectivity index (χ3v) is 5.84. The van der Waals surface area contributed by atoms with Crippen LogP contribution in [0.3, 0.4) is 0 Å². The number of hydrogen-bond donors (Lipinski definition) is 0. The van der Waals surface area contributed by atoms with E-state index in [0.717, 1.165) is 56.7 Å². The molecule has 0 radical (unpaired) electrons. The molecule has 29 heavy (non-hydrogen) atoms. The molecule has 0 aromatic carbocycles. The predicted molar refractivity (Wildman–Crippen MR) is 105 cm³/mol. The predicted octanol–water partition coefficient (Wildman–Crippen LogP) is 2.26. The van der Waals surface area contributed by atoms with Gasteiger partial charge in [0.2, 0.25) is 5.82 Å². The largest absolute Gasteiger partial charge is 0.376 e. The van der Waals surface area contributed by atoms with Crippen molar-refractivity contribution in [2.45, 2.75) is 51.1 Å². The Labute approximate surface area is 166 Å². The Balaban J connectivity index is 1.65. The van der Waals surface area contributed by atoms with Gasteiger partial charge in [-0.3, -0.25) is 19.3 Å². The zero-order chi connectivity index (χ0) is 20.0. The summed E-state index contributed by atoms with van der Waals surface area (Å²) in [6, 6.07) is 4.93. The number of rotatable bonds is 3. The lowest BCUT2D eigenvalue weighted by atomic mass is 10.2. The van der Waals surface area contributed by atoms with Crippen molar-refractivity contribution in [1.82, 2.24) is 24.1 Å². The molecule has 10 nitrogen and oxygen atoms in total. The van der Waals surface area contributed by atoms with E-state index in [1.54, 1.807) is 18.2 Å². The van der Waals surface area contributed by atoms with E-state index < -0.39 is 16.2 Å². The number of nitro groups is 1. The van der Waals surface area contributed by atoms with Gasteiger partial charge in [-0.1, -0.05) is 12.5 Å². The molecule has 5 rings (SSSR count). The summed E-state index contributed by atoms with van der Waals surface area (Å²) in [7, 11) is 0. The highest BCUT2D eigenvalue weighted by Crippen LogP contribution is 2.38. The van der Waals surface area contributed by atoms with Gasteiger partial charge in [-0.05, 0) is 37.8 Å². The molecule has 2 aliphatic heterocycles. The van der Waals surface area contributed by atoms with E-state index in [4.69, 9.17) is 0 Å². The first-order valence-electron chi connectivity index (χ1n) is 9.99. The maximum atomic E-state index is 12.8. The molecule has 0 unspecified atom stereocenters.